The molecule has 0 saturated carbocycles. The molecule has 0 aliphatic heterocycles. The molecule has 0 unspecified atom stereocenters. The summed E-state index contributed by atoms with van der Waals surface area (Å²) in [5, 5.41) is 2.71. The van der Waals surface area contributed by atoms with Crippen molar-refractivity contribution in [1.29, 1.82) is 0 Å². The second-order valence-corrected chi connectivity index (χ2v) is 5.57. The maximum absolute atomic E-state index is 12.6. The molecular weight excluding hydrogens is 255 g/mol. The molecule has 0 aromatic heterocycles. The van der Waals surface area contributed by atoms with E-state index < -0.39 is 23.2 Å². The van der Waals surface area contributed by atoms with Crippen LogP contribution in [0.3, 0.4) is 0 Å². The minimum atomic E-state index is -4.37. The number of nitrogens with one attached hydrogen (secondary N) is 1. The second-order valence-electron chi connectivity index (χ2n) is 5.57. The third-order valence-corrected chi connectivity index (χ3v) is 2.74. The minimum Gasteiger partial charge on any atom is -0.349 e. The predicted molar refractivity (Wildman–Crippen MR) is 67.5 cm³/mol. The molecule has 5 heteroatoms. The quantitative estimate of drug-likeness (QED) is 0.869. The average Bonchev–Trinajstić information content (AvgIpc) is 2.26. The first kappa shape index (κ1) is 15.5. The first-order valence-corrected chi connectivity index (χ1v) is 6.00. The van der Waals surface area contributed by atoms with Gasteiger partial charge in [-0.25, -0.2) is 0 Å². The Labute approximate surface area is 111 Å². The van der Waals surface area contributed by atoms with Crippen LogP contribution in [0.15, 0.2) is 24.3 Å². The molecule has 0 spiro atoms. The van der Waals surface area contributed by atoms with Crippen LogP contribution < -0.4 is 5.32 Å². The van der Waals surface area contributed by atoms with Crippen LogP contribution in [0, 0.1) is 5.41 Å². The fraction of sp³-hybridized carbons (Fsp3) is 0.500. The van der Waals surface area contributed by atoms with E-state index in [0.717, 1.165) is 12.1 Å². The van der Waals surface area contributed by atoms with Crippen molar-refractivity contribution in [2.45, 2.75) is 39.9 Å². The minimum absolute atomic E-state index is 0.197. The van der Waals surface area contributed by atoms with Crippen LogP contribution in [0.4, 0.5) is 13.2 Å². The summed E-state index contributed by atoms with van der Waals surface area (Å²) >= 11 is 0. The molecule has 0 aliphatic carbocycles. The Hall–Kier alpha value is -1.52. The lowest BCUT2D eigenvalue weighted by molar-refractivity contribution is -0.137. The molecule has 2 nitrogen and oxygen atoms in total. The van der Waals surface area contributed by atoms with Crippen LogP contribution in [0.5, 0.6) is 0 Å². The molecule has 0 saturated heterocycles. The molecule has 1 aromatic carbocycles. The molecule has 106 valence electrons. The van der Waals surface area contributed by atoms with Gasteiger partial charge in [-0.3, -0.25) is 4.79 Å². The first-order valence-electron chi connectivity index (χ1n) is 6.00. The molecule has 1 N–H and O–H groups in total. The zero-order valence-electron chi connectivity index (χ0n) is 11.4. The Kier molecular flexibility index (Phi) is 4.28. The summed E-state index contributed by atoms with van der Waals surface area (Å²) in [4.78, 5) is 11.8. The average molecular weight is 273 g/mol. The van der Waals surface area contributed by atoms with Gasteiger partial charge in [-0.15, -0.1) is 0 Å². The molecule has 19 heavy (non-hydrogen) atoms. The number of benzene rings is 1. The van der Waals surface area contributed by atoms with E-state index in [2.05, 4.69) is 5.32 Å². The lowest BCUT2D eigenvalue weighted by Crippen LogP contribution is -2.36. The van der Waals surface area contributed by atoms with Gasteiger partial charge in [0.15, 0.2) is 0 Å². The van der Waals surface area contributed by atoms with E-state index >= 15 is 0 Å². The van der Waals surface area contributed by atoms with E-state index in [-0.39, 0.29) is 5.91 Å². The van der Waals surface area contributed by atoms with Gasteiger partial charge in [0.25, 0.3) is 0 Å². The maximum atomic E-state index is 12.6. The largest absolute Gasteiger partial charge is 0.416 e. The van der Waals surface area contributed by atoms with Crippen LogP contribution >= 0.6 is 0 Å². The highest BCUT2D eigenvalue weighted by Crippen LogP contribution is 2.30. The van der Waals surface area contributed by atoms with E-state index in [4.69, 9.17) is 0 Å². The van der Waals surface area contributed by atoms with Gasteiger partial charge < -0.3 is 5.32 Å². The van der Waals surface area contributed by atoms with Crippen molar-refractivity contribution >= 4 is 5.91 Å². The molecule has 1 atom stereocenters. The lowest BCUT2D eigenvalue weighted by Gasteiger charge is -2.22. The molecule has 0 aliphatic rings. The lowest BCUT2D eigenvalue weighted by atomic mass is 9.94. The number of rotatable bonds is 2. The summed E-state index contributed by atoms with van der Waals surface area (Å²) < 4.78 is 37.8. The Morgan fingerprint density at radius 3 is 2.26 bits per heavy atom. The maximum Gasteiger partial charge on any atom is 0.416 e. The second kappa shape index (κ2) is 5.23. The van der Waals surface area contributed by atoms with Crippen molar-refractivity contribution in [1.82, 2.24) is 5.32 Å². The summed E-state index contributed by atoms with van der Waals surface area (Å²) in [6, 6.07) is 4.53. The van der Waals surface area contributed by atoms with E-state index in [9.17, 15) is 18.0 Å². The number of carbonyl (C=O) groups excluding carboxylic acids is 1. The zero-order valence-corrected chi connectivity index (χ0v) is 11.4. The van der Waals surface area contributed by atoms with Crippen molar-refractivity contribution in [2.24, 2.45) is 5.41 Å². The summed E-state index contributed by atoms with van der Waals surface area (Å²) in [5.41, 5.74) is -0.843. The predicted octanol–water partition coefficient (Wildman–Crippen LogP) is 3.93. The van der Waals surface area contributed by atoms with Crippen molar-refractivity contribution in [3.05, 3.63) is 35.4 Å². The zero-order chi connectivity index (χ0) is 14.8. The summed E-state index contributed by atoms with van der Waals surface area (Å²) in [5.74, 6) is -0.197. The third kappa shape index (κ3) is 4.26. The van der Waals surface area contributed by atoms with Gasteiger partial charge >= 0.3 is 6.18 Å². The monoisotopic (exact) mass is 273 g/mol. The van der Waals surface area contributed by atoms with Crippen molar-refractivity contribution in [2.75, 3.05) is 0 Å². The van der Waals surface area contributed by atoms with Gasteiger partial charge in [0.1, 0.15) is 0 Å². The SMILES string of the molecule is C[C@@H](NC(=O)C(C)(C)C)c1cccc(C(F)(F)F)c1. The number of halogens is 3. The molecule has 1 amide bonds. The Balaban J connectivity index is 2.89. The normalized spacial score (nSPS) is 14.1. The topological polar surface area (TPSA) is 29.1 Å². The highest BCUT2D eigenvalue weighted by molar-refractivity contribution is 5.81. The van der Waals surface area contributed by atoms with Gasteiger partial charge in [-0.05, 0) is 24.6 Å². The van der Waals surface area contributed by atoms with Gasteiger partial charge in [0, 0.05) is 5.41 Å². The third-order valence-electron chi connectivity index (χ3n) is 2.74. The molecule has 1 aromatic rings. The fourth-order valence-electron chi connectivity index (χ4n) is 1.48. The van der Waals surface area contributed by atoms with Crippen LogP contribution in [-0.4, -0.2) is 5.91 Å². The van der Waals surface area contributed by atoms with Gasteiger partial charge in [0.05, 0.1) is 11.6 Å². The first-order chi connectivity index (χ1) is 8.51. The van der Waals surface area contributed by atoms with Crippen LogP contribution in [0.25, 0.3) is 0 Å². The van der Waals surface area contributed by atoms with Crippen LogP contribution in [0.2, 0.25) is 0 Å². The smallest absolute Gasteiger partial charge is 0.349 e. The van der Waals surface area contributed by atoms with E-state index in [1.54, 1.807) is 33.8 Å². The fourth-order valence-corrected chi connectivity index (χ4v) is 1.48. The molecule has 1 rings (SSSR count). The summed E-state index contributed by atoms with van der Waals surface area (Å²) in [6.45, 7) is 6.92. The number of amides is 1. The Bertz CT molecular complexity index is 460. The summed E-state index contributed by atoms with van der Waals surface area (Å²) in [7, 11) is 0. The summed E-state index contributed by atoms with van der Waals surface area (Å²) in [6.07, 6.45) is -4.37. The van der Waals surface area contributed by atoms with Crippen molar-refractivity contribution < 1.29 is 18.0 Å². The number of hydrogen-bond donors (Lipinski definition) is 1. The van der Waals surface area contributed by atoms with Crippen molar-refractivity contribution in [3.63, 3.8) is 0 Å². The number of alkyl halides is 3. The van der Waals surface area contributed by atoms with Gasteiger partial charge in [-0.2, -0.15) is 13.2 Å². The molecule has 0 bridgehead atoms. The van der Waals surface area contributed by atoms with E-state index in [0.29, 0.717) is 5.56 Å². The van der Waals surface area contributed by atoms with E-state index in [1.807, 2.05) is 0 Å². The van der Waals surface area contributed by atoms with Gasteiger partial charge in [-0.1, -0.05) is 32.9 Å². The number of carbonyl (C=O) groups is 1. The molecule has 0 radical (unpaired) electrons. The molecule has 0 heterocycles. The van der Waals surface area contributed by atoms with Crippen LogP contribution in [0.1, 0.15) is 44.9 Å². The molecular formula is C14H18F3NO. The molecule has 0 fully saturated rings. The standard InChI is InChI=1S/C14H18F3NO/c1-9(18-12(19)13(2,3)4)10-6-5-7-11(8-10)14(15,16)17/h5-9H,1-4H3,(H,18,19)/t9-/m1/s1. The van der Waals surface area contributed by atoms with Crippen LogP contribution in [-0.2, 0) is 11.0 Å². The Morgan fingerprint density at radius 1 is 1.21 bits per heavy atom. The Morgan fingerprint density at radius 2 is 1.79 bits per heavy atom. The van der Waals surface area contributed by atoms with E-state index in [1.165, 1.54) is 6.07 Å². The highest BCUT2D eigenvalue weighted by atomic mass is 19.4. The van der Waals surface area contributed by atoms with Crippen molar-refractivity contribution in [3.8, 4) is 0 Å². The highest BCUT2D eigenvalue weighted by Gasteiger charge is 2.31. The number of hydrogen-bond acceptors (Lipinski definition) is 1. The van der Waals surface area contributed by atoms with Gasteiger partial charge in [0.2, 0.25) is 5.91 Å².